The van der Waals surface area contributed by atoms with Crippen LogP contribution in [-0.4, -0.2) is 58.8 Å². The largest absolute Gasteiger partial charge is 0.391 e. The number of nitrogen functional groups attached to an aromatic ring is 1. The minimum Gasteiger partial charge on any atom is -0.391 e. The minimum atomic E-state index is -2.06. The molecular formula is C13H14ClN5O4. The van der Waals surface area contributed by atoms with Gasteiger partial charge in [-0.1, -0.05) is 0 Å². The number of ether oxygens (including phenoxy) is 1. The van der Waals surface area contributed by atoms with Crippen molar-refractivity contribution in [3.63, 3.8) is 0 Å². The molecule has 5 N–H and O–H groups in total. The molecule has 2 aromatic heterocycles. The third kappa shape index (κ3) is 2.41. The Hall–Kier alpha value is -1.96. The Morgan fingerprint density at radius 3 is 2.91 bits per heavy atom. The summed E-state index contributed by atoms with van der Waals surface area (Å²) < 4.78 is 6.97. The predicted molar refractivity (Wildman–Crippen MR) is 79.9 cm³/mol. The lowest BCUT2D eigenvalue weighted by atomic mass is 9.93. The zero-order valence-corrected chi connectivity index (χ0v) is 12.7. The molecule has 1 aliphatic heterocycles. The number of aliphatic hydroxyl groups is 3. The molecule has 0 aromatic carbocycles. The highest BCUT2D eigenvalue weighted by Gasteiger charge is 2.57. The summed E-state index contributed by atoms with van der Waals surface area (Å²) in [7, 11) is 0. The highest BCUT2D eigenvalue weighted by molar-refractivity contribution is 6.30. The molecule has 2 aromatic rings. The zero-order chi connectivity index (χ0) is 16.8. The molecule has 1 saturated heterocycles. The zero-order valence-electron chi connectivity index (χ0n) is 12.0. The fourth-order valence-corrected chi connectivity index (χ4v) is 2.75. The van der Waals surface area contributed by atoms with Crippen LogP contribution in [0, 0.1) is 11.3 Å². The second-order valence-corrected chi connectivity index (χ2v) is 5.46. The van der Waals surface area contributed by atoms with Crippen LogP contribution in [0.1, 0.15) is 13.2 Å². The van der Waals surface area contributed by atoms with Gasteiger partial charge in [0, 0.05) is 5.38 Å². The van der Waals surface area contributed by atoms with E-state index in [1.54, 1.807) is 0 Å². The SMILES string of the molecule is C[C@@H](O)[C@H]1O[C@@H](n2cnc3cnc(N)nc32)[C@@](O)(C#CCl)C1O. The summed E-state index contributed by atoms with van der Waals surface area (Å²) in [6.07, 6.45) is -2.04. The van der Waals surface area contributed by atoms with Gasteiger partial charge >= 0.3 is 0 Å². The van der Waals surface area contributed by atoms with E-state index in [0.717, 1.165) is 0 Å². The molecule has 1 fully saturated rings. The molecule has 1 aliphatic rings. The second kappa shape index (κ2) is 5.59. The molecule has 10 heteroatoms. The first-order valence-electron chi connectivity index (χ1n) is 6.70. The minimum absolute atomic E-state index is 0.0110. The van der Waals surface area contributed by atoms with Gasteiger partial charge in [0.25, 0.3) is 0 Å². The van der Waals surface area contributed by atoms with Crippen LogP contribution < -0.4 is 5.73 Å². The fraction of sp³-hybridized carbons (Fsp3) is 0.462. The lowest BCUT2D eigenvalue weighted by molar-refractivity contribution is -0.0847. The fourth-order valence-electron chi connectivity index (χ4n) is 2.60. The lowest BCUT2D eigenvalue weighted by Crippen LogP contribution is -2.47. The van der Waals surface area contributed by atoms with Crippen LogP contribution in [0.15, 0.2) is 12.5 Å². The molecule has 0 aliphatic carbocycles. The summed E-state index contributed by atoms with van der Waals surface area (Å²) in [6, 6.07) is 0. The van der Waals surface area contributed by atoms with Crippen molar-refractivity contribution in [1.29, 1.82) is 0 Å². The average Bonchev–Trinajstić information content (AvgIpc) is 3.00. The van der Waals surface area contributed by atoms with Gasteiger partial charge in [0.05, 0.1) is 18.6 Å². The maximum absolute atomic E-state index is 10.8. The highest BCUT2D eigenvalue weighted by atomic mass is 35.5. The molecule has 3 heterocycles. The number of nitrogens with two attached hydrogens (primary N) is 1. The Morgan fingerprint density at radius 2 is 2.26 bits per heavy atom. The molecular weight excluding hydrogens is 326 g/mol. The van der Waals surface area contributed by atoms with E-state index < -0.39 is 30.1 Å². The average molecular weight is 340 g/mol. The first kappa shape index (κ1) is 15.9. The van der Waals surface area contributed by atoms with E-state index in [1.165, 1.54) is 24.0 Å². The van der Waals surface area contributed by atoms with Gasteiger partial charge in [0.2, 0.25) is 11.5 Å². The third-order valence-electron chi connectivity index (χ3n) is 3.73. The van der Waals surface area contributed by atoms with E-state index in [0.29, 0.717) is 5.52 Å². The van der Waals surface area contributed by atoms with Crippen molar-refractivity contribution in [2.24, 2.45) is 0 Å². The number of aliphatic hydroxyl groups excluding tert-OH is 2. The van der Waals surface area contributed by atoms with Gasteiger partial charge in [-0.05, 0) is 24.4 Å². The van der Waals surface area contributed by atoms with Crippen molar-refractivity contribution in [3.05, 3.63) is 12.5 Å². The molecule has 0 bridgehead atoms. The van der Waals surface area contributed by atoms with Crippen LogP contribution in [0.25, 0.3) is 11.2 Å². The van der Waals surface area contributed by atoms with Crippen LogP contribution in [0.5, 0.6) is 0 Å². The Bertz CT molecular complexity index is 800. The maximum atomic E-state index is 10.8. The molecule has 1 unspecified atom stereocenters. The van der Waals surface area contributed by atoms with Crippen LogP contribution in [-0.2, 0) is 4.74 Å². The first-order valence-corrected chi connectivity index (χ1v) is 7.08. The number of halogens is 1. The number of imidazole rings is 1. The standard InChI is InChI=1S/C13H14ClN5O4/c1-6(20)8-9(21)13(22,2-3-14)11(23-8)19-5-17-7-4-16-12(15)18-10(7)19/h4-6,8-9,11,20-22H,1H3,(H2,15,16,18)/t6-,8-,9?,11-,13-/m1/s1. The van der Waals surface area contributed by atoms with Crippen molar-refractivity contribution < 1.29 is 20.1 Å². The predicted octanol–water partition coefficient (Wildman–Crippen LogP) is -1.02. The number of nitrogens with zero attached hydrogens (tertiary/aromatic N) is 4. The van der Waals surface area contributed by atoms with Crippen molar-refractivity contribution in [2.45, 2.75) is 37.1 Å². The highest BCUT2D eigenvalue weighted by Crippen LogP contribution is 2.40. The number of rotatable bonds is 2. The van der Waals surface area contributed by atoms with E-state index in [4.69, 9.17) is 22.1 Å². The molecule has 5 atom stereocenters. The molecule has 0 amide bonds. The van der Waals surface area contributed by atoms with Gasteiger partial charge in [0.1, 0.15) is 17.7 Å². The summed E-state index contributed by atoms with van der Waals surface area (Å²) in [5, 5.41) is 32.9. The molecule has 3 rings (SSSR count). The Labute approximate surface area is 135 Å². The quantitative estimate of drug-likeness (QED) is 0.510. The number of anilines is 1. The van der Waals surface area contributed by atoms with Crippen molar-refractivity contribution in [1.82, 2.24) is 19.5 Å². The van der Waals surface area contributed by atoms with E-state index >= 15 is 0 Å². The normalized spacial score (nSPS) is 31.8. The second-order valence-electron chi connectivity index (χ2n) is 5.27. The van der Waals surface area contributed by atoms with Gasteiger partial charge in [-0.15, -0.1) is 0 Å². The van der Waals surface area contributed by atoms with Crippen LogP contribution in [0.3, 0.4) is 0 Å². The molecule has 122 valence electrons. The van der Waals surface area contributed by atoms with E-state index in [2.05, 4.69) is 26.3 Å². The summed E-state index contributed by atoms with van der Waals surface area (Å²) in [4.78, 5) is 12.0. The van der Waals surface area contributed by atoms with Gasteiger partial charge in [0.15, 0.2) is 11.9 Å². The number of hydrogen-bond donors (Lipinski definition) is 4. The molecule has 9 nitrogen and oxygen atoms in total. The molecule has 0 saturated carbocycles. The van der Waals surface area contributed by atoms with E-state index in [1.807, 2.05) is 0 Å². The third-order valence-corrected chi connectivity index (χ3v) is 3.83. The molecule has 0 radical (unpaired) electrons. The number of aromatic nitrogens is 4. The summed E-state index contributed by atoms with van der Waals surface area (Å²) in [5.74, 6) is 2.35. The number of fused-ring (bicyclic) bond motifs is 1. The Balaban J connectivity index is 2.14. The number of hydrogen-bond acceptors (Lipinski definition) is 8. The summed E-state index contributed by atoms with van der Waals surface area (Å²) in [6.45, 7) is 1.43. The van der Waals surface area contributed by atoms with Gasteiger partial charge in [-0.3, -0.25) is 4.57 Å². The topological polar surface area (TPSA) is 140 Å². The summed E-state index contributed by atoms with van der Waals surface area (Å²) >= 11 is 5.41. The van der Waals surface area contributed by atoms with E-state index in [9.17, 15) is 15.3 Å². The first-order chi connectivity index (χ1) is 10.9. The van der Waals surface area contributed by atoms with Crippen LogP contribution in [0.2, 0.25) is 0 Å². The summed E-state index contributed by atoms with van der Waals surface area (Å²) in [5.41, 5.74) is 4.22. The van der Waals surface area contributed by atoms with Crippen LogP contribution >= 0.6 is 11.6 Å². The van der Waals surface area contributed by atoms with Crippen molar-refractivity contribution >= 4 is 28.7 Å². The monoisotopic (exact) mass is 339 g/mol. The molecule has 0 spiro atoms. The smallest absolute Gasteiger partial charge is 0.222 e. The van der Waals surface area contributed by atoms with Gasteiger partial charge < -0.3 is 25.8 Å². The Kier molecular flexibility index (Phi) is 3.87. The van der Waals surface area contributed by atoms with Crippen molar-refractivity contribution in [3.8, 4) is 11.3 Å². The van der Waals surface area contributed by atoms with E-state index in [-0.39, 0.29) is 11.6 Å². The Morgan fingerprint density at radius 1 is 1.52 bits per heavy atom. The van der Waals surface area contributed by atoms with Gasteiger partial charge in [-0.2, -0.15) is 4.98 Å². The van der Waals surface area contributed by atoms with Crippen LogP contribution in [0.4, 0.5) is 5.95 Å². The molecule has 23 heavy (non-hydrogen) atoms. The van der Waals surface area contributed by atoms with Gasteiger partial charge in [-0.25, -0.2) is 9.97 Å². The maximum Gasteiger partial charge on any atom is 0.222 e. The van der Waals surface area contributed by atoms with Crippen molar-refractivity contribution in [2.75, 3.05) is 5.73 Å². The lowest BCUT2D eigenvalue weighted by Gasteiger charge is -2.26.